The Morgan fingerprint density at radius 1 is 0.821 bits per heavy atom. The molecule has 0 atom stereocenters. The summed E-state index contributed by atoms with van der Waals surface area (Å²) in [5, 5.41) is 12.9. The smallest absolute Gasteiger partial charge is 0.416 e. The lowest BCUT2D eigenvalue weighted by Crippen LogP contribution is -2.20. The predicted octanol–water partition coefficient (Wildman–Crippen LogP) is 7.68. The summed E-state index contributed by atoms with van der Waals surface area (Å²) in [6.45, 7) is 1.76. The maximum absolute atomic E-state index is 12.8. The monoisotopic (exact) mass is 553 g/mol. The molecule has 202 valence electrons. The molecule has 0 aliphatic heterocycles. The number of carbonyl (C=O) groups is 1. The molecule has 4 nitrogen and oxygen atoms in total. The van der Waals surface area contributed by atoms with Gasteiger partial charge in [0.05, 0.1) is 11.1 Å². The van der Waals surface area contributed by atoms with E-state index in [9.17, 15) is 18.0 Å². The van der Waals surface area contributed by atoms with Crippen LogP contribution in [0.2, 0.25) is 5.02 Å². The van der Waals surface area contributed by atoms with E-state index < -0.39 is 17.7 Å². The summed E-state index contributed by atoms with van der Waals surface area (Å²) in [7, 11) is 0. The second-order valence-corrected chi connectivity index (χ2v) is 9.44. The second kappa shape index (κ2) is 12.8. The van der Waals surface area contributed by atoms with E-state index in [0.29, 0.717) is 10.6 Å². The molecule has 0 saturated carbocycles. The number of ether oxygens (including phenoxy) is 1. The van der Waals surface area contributed by atoms with Crippen LogP contribution in [-0.2, 0) is 25.6 Å². The zero-order chi connectivity index (χ0) is 27.8. The fraction of sp³-hybridized carbons (Fsp3) is 0.194. The first-order valence-corrected chi connectivity index (χ1v) is 12.8. The van der Waals surface area contributed by atoms with Crippen LogP contribution in [-0.4, -0.2) is 24.2 Å². The highest BCUT2D eigenvalue weighted by Crippen LogP contribution is 2.32. The van der Waals surface area contributed by atoms with Crippen LogP contribution in [0.5, 0.6) is 5.75 Å². The lowest BCUT2D eigenvalue weighted by atomic mass is 10.0. The molecule has 4 aromatic carbocycles. The van der Waals surface area contributed by atoms with Crippen molar-refractivity contribution in [1.82, 2.24) is 5.32 Å². The number of aromatic carboxylic acids is 1. The highest BCUT2D eigenvalue weighted by molar-refractivity contribution is 6.31. The summed E-state index contributed by atoms with van der Waals surface area (Å²) in [6, 6.07) is 25.0. The van der Waals surface area contributed by atoms with E-state index in [4.69, 9.17) is 21.4 Å². The van der Waals surface area contributed by atoms with E-state index >= 15 is 0 Å². The summed E-state index contributed by atoms with van der Waals surface area (Å²) in [5.41, 5.74) is 3.84. The number of para-hydroxylation sites is 1. The maximum atomic E-state index is 12.8. The third-order valence-electron chi connectivity index (χ3n) is 6.32. The minimum absolute atomic E-state index is 0.253. The van der Waals surface area contributed by atoms with Gasteiger partial charge in [0.25, 0.3) is 0 Å². The Morgan fingerprint density at radius 3 is 2.15 bits per heavy atom. The summed E-state index contributed by atoms with van der Waals surface area (Å²) in [5.74, 6) is -0.176. The number of hydrogen-bond acceptors (Lipinski definition) is 3. The minimum Gasteiger partial charge on any atom is -0.489 e. The molecular weight excluding hydrogens is 527 g/mol. The number of hydrogen-bond donors (Lipinski definition) is 2. The van der Waals surface area contributed by atoms with Crippen molar-refractivity contribution >= 4 is 17.6 Å². The molecule has 4 aromatic rings. The van der Waals surface area contributed by atoms with Gasteiger partial charge in [-0.3, -0.25) is 0 Å². The van der Waals surface area contributed by atoms with E-state index in [0.717, 1.165) is 66.1 Å². The Morgan fingerprint density at radius 2 is 1.49 bits per heavy atom. The van der Waals surface area contributed by atoms with Crippen LogP contribution >= 0.6 is 11.6 Å². The molecule has 0 bridgehead atoms. The van der Waals surface area contributed by atoms with E-state index in [1.165, 1.54) is 12.1 Å². The molecule has 0 heterocycles. The largest absolute Gasteiger partial charge is 0.489 e. The molecular formula is C31H27ClF3NO3. The topological polar surface area (TPSA) is 58.6 Å². The van der Waals surface area contributed by atoms with Crippen molar-refractivity contribution in [3.05, 3.63) is 124 Å². The van der Waals surface area contributed by atoms with Gasteiger partial charge in [-0.25, -0.2) is 4.79 Å². The molecule has 0 aromatic heterocycles. The van der Waals surface area contributed by atoms with Crippen LogP contribution in [0.3, 0.4) is 0 Å². The Kier molecular flexibility index (Phi) is 9.28. The summed E-state index contributed by atoms with van der Waals surface area (Å²) in [4.78, 5) is 11.0. The van der Waals surface area contributed by atoms with Crippen LogP contribution < -0.4 is 10.1 Å². The molecule has 4 rings (SSSR count). The van der Waals surface area contributed by atoms with Crippen molar-refractivity contribution in [1.29, 1.82) is 0 Å². The van der Waals surface area contributed by atoms with Gasteiger partial charge in [0.15, 0.2) is 0 Å². The van der Waals surface area contributed by atoms with Gasteiger partial charge in [-0.1, -0.05) is 66.2 Å². The second-order valence-electron chi connectivity index (χ2n) is 9.03. The van der Waals surface area contributed by atoms with Crippen LogP contribution in [0.1, 0.15) is 32.6 Å². The Bertz CT molecular complexity index is 1400. The molecule has 39 heavy (non-hydrogen) atoms. The first-order valence-electron chi connectivity index (χ1n) is 12.4. The van der Waals surface area contributed by atoms with Gasteiger partial charge in [0, 0.05) is 10.6 Å². The molecule has 0 spiro atoms. The zero-order valence-electron chi connectivity index (χ0n) is 21.0. The third kappa shape index (κ3) is 7.85. The Hall–Kier alpha value is -3.81. The molecule has 0 fully saturated rings. The van der Waals surface area contributed by atoms with Crippen LogP contribution in [0.25, 0.3) is 11.1 Å². The Labute approximate surface area is 230 Å². The molecule has 0 saturated heterocycles. The molecule has 0 amide bonds. The number of nitrogens with one attached hydrogen (secondary N) is 1. The fourth-order valence-corrected chi connectivity index (χ4v) is 4.33. The van der Waals surface area contributed by atoms with Crippen molar-refractivity contribution in [2.75, 3.05) is 13.1 Å². The number of rotatable bonds is 11. The SMILES string of the molecule is O=C(O)c1ccc(CCNCCc2ccccc2OCc2ccc(-c3ccc(C(F)(F)F)cc3)cc2Cl)cc1. The number of carboxylic acids is 1. The molecule has 2 N–H and O–H groups in total. The van der Waals surface area contributed by atoms with E-state index in [1.54, 1.807) is 18.2 Å². The average Bonchev–Trinajstić information content (AvgIpc) is 2.92. The lowest BCUT2D eigenvalue weighted by Gasteiger charge is -2.14. The van der Waals surface area contributed by atoms with Gasteiger partial charge in [-0.05, 0) is 84.6 Å². The van der Waals surface area contributed by atoms with E-state index in [2.05, 4.69) is 5.32 Å². The van der Waals surface area contributed by atoms with Crippen LogP contribution in [0, 0.1) is 0 Å². The summed E-state index contributed by atoms with van der Waals surface area (Å²) < 4.78 is 44.6. The third-order valence-corrected chi connectivity index (χ3v) is 6.67. The van der Waals surface area contributed by atoms with Crippen molar-refractivity contribution in [3.8, 4) is 16.9 Å². The molecule has 8 heteroatoms. The summed E-state index contributed by atoms with van der Waals surface area (Å²) >= 11 is 6.48. The predicted molar refractivity (Wildman–Crippen MR) is 146 cm³/mol. The highest BCUT2D eigenvalue weighted by Gasteiger charge is 2.30. The minimum atomic E-state index is -4.37. The van der Waals surface area contributed by atoms with E-state index in [-0.39, 0.29) is 12.2 Å². The molecule has 0 aliphatic rings. The summed E-state index contributed by atoms with van der Waals surface area (Å²) in [6.07, 6.45) is -2.82. The number of benzene rings is 4. The van der Waals surface area contributed by atoms with Gasteiger partial charge in [-0.15, -0.1) is 0 Å². The van der Waals surface area contributed by atoms with Crippen LogP contribution in [0.4, 0.5) is 13.2 Å². The fourth-order valence-electron chi connectivity index (χ4n) is 4.10. The number of alkyl halides is 3. The normalized spacial score (nSPS) is 11.4. The van der Waals surface area contributed by atoms with Gasteiger partial charge in [-0.2, -0.15) is 13.2 Å². The standard InChI is InChI=1S/C31H27ClF3NO3/c32-28-19-25(22-11-13-27(14-12-22)31(33,34)35)9-10-26(28)20-39-29-4-2-1-3-23(29)16-18-36-17-15-21-5-7-24(8-6-21)30(37)38/h1-14,19,36H,15-18,20H2,(H,37,38). The van der Waals surface area contributed by atoms with Crippen LogP contribution in [0.15, 0.2) is 91.0 Å². The highest BCUT2D eigenvalue weighted by atomic mass is 35.5. The first-order chi connectivity index (χ1) is 18.7. The molecule has 0 unspecified atom stereocenters. The van der Waals surface area contributed by atoms with Crippen molar-refractivity contribution in [2.24, 2.45) is 0 Å². The number of halogens is 4. The van der Waals surface area contributed by atoms with Crippen molar-refractivity contribution in [2.45, 2.75) is 25.6 Å². The zero-order valence-corrected chi connectivity index (χ0v) is 21.7. The van der Waals surface area contributed by atoms with Crippen molar-refractivity contribution in [3.63, 3.8) is 0 Å². The van der Waals surface area contributed by atoms with Crippen molar-refractivity contribution < 1.29 is 27.8 Å². The molecule has 0 aliphatic carbocycles. The van der Waals surface area contributed by atoms with Gasteiger partial charge >= 0.3 is 12.1 Å². The van der Waals surface area contributed by atoms with Gasteiger partial charge in [0.2, 0.25) is 0 Å². The average molecular weight is 554 g/mol. The Balaban J connectivity index is 1.29. The number of carboxylic acid groups (broad SMARTS) is 1. The van der Waals surface area contributed by atoms with E-state index in [1.807, 2.05) is 48.5 Å². The molecule has 0 radical (unpaired) electrons. The maximum Gasteiger partial charge on any atom is 0.416 e. The quantitative estimate of drug-likeness (QED) is 0.187. The van der Waals surface area contributed by atoms with Gasteiger partial charge in [0.1, 0.15) is 12.4 Å². The first kappa shape index (κ1) is 28.2. The van der Waals surface area contributed by atoms with Gasteiger partial charge < -0.3 is 15.2 Å². The lowest BCUT2D eigenvalue weighted by molar-refractivity contribution is -0.137.